The number of carbonyl (C=O) groups is 2. The van der Waals surface area contributed by atoms with Gasteiger partial charge in [-0.2, -0.15) is 0 Å². The Morgan fingerprint density at radius 3 is 2.58 bits per heavy atom. The van der Waals surface area contributed by atoms with E-state index in [9.17, 15) is 9.59 Å². The summed E-state index contributed by atoms with van der Waals surface area (Å²) in [7, 11) is 0. The van der Waals surface area contributed by atoms with E-state index in [0.29, 0.717) is 17.0 Å². The van der Waals surface area contributed by atoms with E-state index in [0.717, 1.165) is 11.1 Å². The van der Waals surface area contributed by atoms with Crippen molar-refractivity contribution >= 4 is 34.4 Å². The molecule has 120 valence electrons. The number of benzene rings is 1. The highest BCUT2D eigenvalue weighted by Gasteiger charge is 2.08. The molecule has 3 rings (SSSR count). The third-order valence-electron chi connectivity index (χ3n) is 3.22. The van der Waals surface area contributed by atoms with E-state index >= 15 is 0 Å². The quantitative estimate of drug-likeness (QED) is 0.652. The molecule has 3 N–H and O–H groups in total. The molecule has 1 aromatic carbocycles. The fourth-order valence-electron chi connectivity index (χ4n) is 2.09. The van der Waals surface area contributed by atoms with Gasteiger partial charge in [0.1, 0.15) is 18.7 Å². The predicted molar refractivity (Wildman–Crippen MR) is 87.0 cm³/mol. The number of anilines is 2. The van der Waals surface area contributed by atoms with Gasteiger partial charge in [0.25, 0.3) is 5.91 Å². The first-order chi connectivity index (χ1) is 11.6. The number of hydrogen-bond acceptors (Lipinski definition) is 6. The van der Waals surface area contributed by atoms with E-state index in [-0.39, 0.29) is 0 Å². The summed E-state index contributed by atoms with van der Waals surface area (Å²) in [6.45, 7) is -0.418. The second kappa shape index (κ2) is 6.69. The van der Waals surface area contributed by atoms with Crippen LogP contribution in [0.5, 0.6) is 0 Å². The van der Waals surface area contributed by atoms with Crippen LogP contribution in [0.4, 0.5) is 11.5 Å². The van der Waals surface area contributed by atoms with Gasteiger partial charge in [-0.15, -0.1) is 0 Å². The highest BCUT2D eigenvalue weighted by molar-refractivity contribution is 5.96. The molecule has 2 heterocycles. The minimum absolute atomic E-state index is 0.371. The summed E-state index contributed by atoms with van der Waals surface area (Å²) in [6, 6.07) is 10.3. The molecule has 0 bridgehead atoms. The van der Waals surface area contributed by atoms with Gasteiger partial charge in [-0.25, -0.2) is 15.0 Å². The number of carbonyl (C=O) groups excluding carboxylic acids is 1. The SMILES string of the molecule is O=C(O)CNC(=O)c1ccc(Nc2ncnc3ncccc23)cc1. The Bertz CT molecular complexity index is 890. The van der Waals surface area contributed by atoms with E-state index in [2.05, 4.69) is 25.6 Å². The molecule has 3 aromatic rings. The molecule has 0 fully saturated rings. The van der Waals surface area contributed by atoms with Crippen molar-refractivity contribution in [1.82, 2.24) is 20.3 Å². The number of nitrogens with zero attached hydrogens (tertiary/aromatic N) is 3. The zero-order valence-corrected chi connectivity index (χ0v) is 12.4. The van der Waals surface area contributed by atoms with Crippen LogP contribution in [0.3, 0.4) is 0 Å². The molecule has 8 heteroatoms. The number of carboxylic acid groups (broad SMARTS) is 1. The summed E-state index contributed by atoms with van der Waals surface area (Å²) in [5.74, 6) is -0.928. The van der Waals surface area contributed by atoms with Crippen molar-refractivity contribution in [3.8, 4) is 0 Å². The Kier molecular flexibility index (Phi) is 4.28. The first-order valence-electron chi connectivity index (χ1n) is 7.06. The third kappa shape index (κ3) is 3.43. The van der Waals surface area contributed by atoms with E-state index in [1.807, 2.05) is 6.07 Å². The smallest absolute Gasteiger partial charge is 0.322 e. The molecule has 1 amide bonds. The van der Waals surface area contributed by atoms with Crippen molar-refractivity contribution < 1.29 is 14.7 Å². The Morgan fingerprint density at radius 1 is 1.04 bits per heavy atom. The van der Waals surface area contributed by atoms with E-state index in [4.69, 9.17) is 5.11 Å². The standard InChI is InChI=1S/C16H13N5O3/c22-13(23)8-18-16(24)10-3-5-11(6-4-10)21-15-12-2-1-7-17-14(12)19-9-20-15/h1-7,9H,8H2,(H,18,24)(H,22,23)(H,17,19,20,21). The molecule has 24 heavy (non-hydrogen) atoms. The van der Waals surface area contributed by atoms with Crippen LogP contribution in [0.1, 0.15) is 10.4 Å². The summed E-state index contributed by atoms with van der Waals surface area (Å²) < 4.78 is 0. The minimum Gasteiger partial charge on any atom is -0.480 e. The zero-order chi connectivity index (χ0) is 16.9. The number of hydrogen-bond donors (Lipinski definition) is 3. The van der Waals surface area contributed by atoms with Gasteiger partial charge < -0.3 is 15.7 Å². The molecule has 0 aliphatic rings. The van der Waals surface area contributed by atoms with Gasteiger partial charge in [-0.3, -0.25) is 9.59 Å². The van der Waals surface area contributed by atoms with Crippen molar-refractivity contribution in [3.05, 3.63) is 54.5 Å². The van der Waals surface area contributed by atoms with Gasteiger partial charge in [-0.05, 0) is 36.4 Å². The van der Waals surface area contributed by atoms with Crippen LogP contribution in [0, 0.1) is 0 Å². The third-order valence-corrected chi connectivity index (χ3v) is 3.22. The van der Waals surface area contributed by atoms with E-state index < -0.39 is 18.4 Å². The summed E-state index contributed by atoms with van der Waals surface area (Å²) in [4.78, 5) is 34.7. The maximum Gasteiger partial charge on any atom is 0.322 e. The Balaban J connectivity index is 1.76. The average Bonchev–Trinajstić information content (AvgIpc) is 2.60. The maximum absolute atomic E-state index is 11.8. The molecular formula is C16H13N5O3. The fourth-order valence-corrected chi connectivity index (χ4v) is 2.09. The lowest BCUT2D eigenvalue weighted by molar-refractivity contribution is -0.135. The zero-order valence-electron chi connectivity index (χ0n) is 12.4. The highest BCUT2D eigenvalue weighted by Crippen LogP contribution is 2.21. The summed E-state index contributed by atoms with van der Waals surface area (Å²) >= 11 is 0. The lowest BCUT2D eigenvalue weighted by atomic mass is 10.2. The molecule has 2 aromatic heterocycles. The Hall–Kier alpha value is -3.55. The van der Waals surface area contributed by atoms with Crippen molar-refractivity contribution in [2.45, 2.75) is 0 Å². The summed E-state index contributed by atoms with van der Waals surface area (Å²) in [5.41, 5.74) is 1.68. The van der Waals surface area contributed by atoms with Crippen LogP contribution in [0.2, 0.25) is 0 Å². The number of carboxylic acids is 1. The monoisotopic (exact) mass is 323 g/mol. The largest absolute Gasteiger partial charge is 0.480 e. The molecule has 0 spiro atoms. The van der Waals surface area contributed by atoms with Crippen molar-refractivity contribution in [3.63, 3.8) is 0 Å². The normalized spacial score (nSPS) is 10.3. The Morgan fingerprint density at radius 2 is 1.83 bits per heavy atom. The first-order valence-corrected chi connectivity index (χ1v) is 7.06. The second-order valence-corrected chi connectivity index (χ2v) is 4.88. The molecule has 0 saturated heterocycles. The van der Waals surface area contributed by atoms with Crippen LogP contribution in [-0.4, -0.2) is 38.5 Å². The number of rotatable bonds is 5. The van der Waals surface area contributed by atoms with Gasteiger partial charge in [0, 0.05) is 17.4 Å². The molecule has 0 aliphatic heterocycles. The van der Waals surface area contributed by atoms with Crippen molar-refractivity contribution in [2.24, 2.45) is 0 Å². The van der Waals surface area contributed by atoms with Crippen LogP contribution >= 0.6 is 0 Å². The molecule has 0 radical (unpaired) electrons. The highest BCUT2D eigenvalue weighted by atomic mass is 16.4. The van der Waals surface area contributed by atoms with Crippen molar-refractivity contribution in [1.29, 1.82) is 0 Å². The number of nitrogens with one attached hydrogen (secondary N) is 2. The maximum atomic E-state index is 11.8. The topological polar surface area (TPSA) is 117 Å². The molecular weight excluding hydrogens is 310 g/mol. The van der Waals surface area contributed by atoms with Gasteiger partial charge in [0.2, 0.25) is 0 Å². The predicted octanol–water partition coefficient (Wildman–Crippen LogP) is 1.58. The molecule has 0 aliphatic carbocycles. The first kappa shape index (κ1) is 15.3. The summed E-state index contributed by atoms with van der Waals surface area (Å²) in [5, 5.41) is 14.8. The molecule has 0 atom stereocenters. The Labute approximate surface area is 136 Å². The van der Waals surface area contributed by atoms with E-state index in [1.165, 1.54) is 6.33 Å². The van der Waals surface area contributed by atoms with Crippen molar-refractivity contribution in [2.75, 3.05) is 11.9 Å². The van der Waals surface area contributed by atoms with E-state index in [1.54, 1.807) is 36.5 Å². The van der Waals surface area contributed by atoms with Gasteiger partial charge in [-0.1, -0.05) is 0 Å². The lowest BCUT2D eigenvalue weighted by Crippen LogP contribution is -2.29. The number of aromatic nitrogens is 3. The number of pyridine rings is 1. The number of fused-ring (bicyclic) bond motifs is 1. The van der Waals surface area contributed by atoms with Crippen LogP contribution in [0.15, 0.2) is 48.9 Å². The molecule has 8 nitrogen and oxygen atoms in total. The van der Waals surface area contributed by atoms with Crippen LogP contribution < -0.4 is 10.6 Å². The fraction of sp³-hybridized carbons (Fsp3) is 0.0625. The lowest BCUT2D eigenvalue weighted by Gasteiger charge is -2.08. The summed E-state index contributed by atoms with van der Waals surface area (Å²) in [6.07, 6.45) is 3.08. The average molecular weight is 323 g/mol. The van der Waals surface area contributed by atoms with Crippen LogP contribution in [0.25, 0.3) is 11.0 Å². The molecule has 0 unspecified atom stereocenters. The van der Waals surface area contributed by atoms with Gasteiger partial charge in [0.15, 0.2) is 5.65 Å². The van der Waals surface area contributed by atoms with Gasteiger partial charge >= 0.3 is 5.97 Å². The number of aliphatic carboxylic acids is 1. The second-order valence-electron chi connectivity index (χ2n) is 4.88. The van der Waals surface area contributed by atoms with Crippen LogP contribution in [-0.2, 0) is 4.79 Å². The van der Waals surface area contributed by atoms with Gasteiger partial charge in [0.05, 0.1) is 5.39 Å². The molecule has 0 saturated carbocycles. The number of amides is 1. The minimum atomic E-state index is -1.09.